The summed E-state index contributed by atoms with van der Waals surface area (Å²) in [6.45, 7) is 0. The third kappa shape index (κ3) is 2.82. The Morgan fingerprint density at radius 2 is 1.74 bits per heavy atom. The molecule has 102 valence electrons. The zero-order valence-electron chi connectivity index (χ0n) is 10.4. The van der Waals surface area contributed by atoms with Gasteiger partial charge in [-0.15, -0.1) is 11.3 Å². The molecule has 0 saturated carbocycles. The molecule has 2 rings (SSSR count). The highest BCUT2D eigenvalue weighted by Gasteiger charge is 2.19. The second kappa shape index (κ2) is 6.01. The Balaban J connectivity index is 2.48. The van der Waals surface area contributed by atoms with Crippen LogP contribution >= 0.6 is 34.5 Å². The predicted molar refractivity (Wildman–Crippen MR) is 79.9 cm³/mol. The molecule has 0 aliphatic carbocycles. The SMILES string of the molecule is COc1cc(Cl)c(C(N)c2sccc2Cl)cc1OC. The zero-order chi connectivity index (χ0) is 14.0. The van der Waals surface area contributed by atoms with Gasteiger partial charge in [-0.3, -0.25) is 0 Å². The van der Waals surface area contributed by atoms with Crippen molar-refractivity contribution >= 4 is 34.5 Å². The minimum atomic E-state index is -0.389. The molecule has 6 heteroatoms. The fourth-order valence-corrected chi connectivity index (χ4v) is 3.24. The first-order chi connectivity index (χ1) is 9.08. The first kappa shape index (κ1) is 14.5. The highest BCUT2D eigenvalue weighted by Crippen LogP contribution is 2.39. The summed E-state index contributed by atoms with van der Waals surface area (Å²) in [5, 5.41) is 3.06. The minimum absolute atomic E-state index is 0.389. The van der Waals surface area contributed by atoms with Gasteiger partial charge in [0, 0.05) is 16.0 Å². The van der Waals surface area contributed by atoms with Crippen LogP contribution in [0.4, 0.5) is 0 Å². The molecule has 19 heavy (non-hydrogen) atoms. The molecule has 0 aliphatic rings. The monoisotopic (exact) mass is 317 g/mol. The average molecular weight is 318 g/mol. The molecular weight excluding hydrogens is 305 g/mol. The second-order valence-corrected chi connectivity index (χ2v) is 5.60. The Bertz CT molecular complexity index is 586. The van der Waals surface area contributed by atoms with Gasteiger partial charge in [0.2, 0.25) is 0 Å². The first-order valence-electron chi connectivity index (χ1n) is 5.48. The van der Waals surface area contributed by atoms with Crippen molar-refractivity contribution in [1.29, 1.82) is 0 Å². The molecule has 0 saturated heterocycles. The molecule has 2 N–H and O–H groups in total. The van der Waals surface area contributed by atoms with Gasteiger partial charge in [-0.1, -0.05) is 23.2 Å². The molecule has 0 bridgehead atoms. The molecule has 1 heterocycles. The molecular formula is C13H13Cl2NO2S. The molecule has 0 fully saturated rings. The molecule has 2 aromatic rings. The van der Waals surface area contributed by atoms with Gasteiger partial charge in [-0.25, -0.2) is 0 Å². The van der Waals surface area contributed by atoms with E-state index < -0.39 is 0 Å². The van der Waals surface area contributed by atoms with Crippen molar-refractivity contribution in [3.63, 3.8) is 0 Å². The van der Waals surface area contributed by atoms with Crippen LogP contribution in [0, 0.1) is 0 Å². The van der Waals surface area contributed by atoms with Crippen LogP contribution < -0.4 is 15.2 Å². The maximum absolute atomic E-state index is 6.25. The summed E-state index contributed by atoms with van der Waals surface area (Å²) >= 11 is 13.8. The highest BCUT2D eigenvalue weighted by molar-refractivity contribution is 7.10. The Hall–Kier alpha value is -0.940. The summed E-state index contributed by atoms with van der Waals surface area (Å²) in [5.41, 5.74) is 6.98. The van der Waals surface area contributed by atoms with Crippen molar-refractivity contribution in [2.75, 3.05) is 14.2 Å². The topological polar surface area (TPSA) is 44.5 Å². The van der Waals surface area contributed by atoms with Gasteiger partial charge in [-0.05, 0) is 23.1 Å². The van der Waals surface area contributed by atoms with E-state index in [1.54, 1.807) is 26.4 Å². The van der Waals surface area contributed by atoms with E-state index >= 15 is 0 Å². The van der Waals surface area contributed by atoms with Crippen LogP contribution in [0.25, 0.3) is 0 Å². The fraction of sp³-hybridized carbons (Fsp3) is 0.231. The maximum Gasteiger partial charge on any atom is 0.162 e. The van der Waals surface area contributed by atoms with Gasteiger partial charge in [0.1, 0.15) is 0 Å². The summed E-state index contributed by atoms with van der Waals surface area (Å²) in [6.07, 6.45) is 0. The van der Waals surface area contributed by atoms with E-state index in [-0.39, 0.29) is 6.04 Å². The van der Waals surface area contributed by atoms with Crippen LogP contribution in [-0.4, -0.2) is 14.2 Å². The van der Waals surface area contributed by atoms with E-state index in [2.05, 4.69) is 0 Å². The number of hydrogen-bond donors (Lipinski definition) is 1. The van der Waals surface area contributed by atoms with Crippen molar-refractivity contribution in [1.82, 2.24) is 0 Å². The van der Waals surface area contributed by atoms with E-state index in [4.69, 9.17) is 38.4 Å². The Morgan fingerprint density at radius 1 is 1.11 bits per heavy atom. The van der Waals surface area contributed by atoms with Gasteiger partial charge < -0.3 is 15.2 Å². The zero-order valence-corrected chi connectivity index (χ0v) is 12.8. The van der Waals surface area contributed by atoms with Gasteiger partial charge in [0.25, 0.3) is 0 Å². The van der Waals surface area contributed by atoms with Gasteiger partial charge in [0.15, 0.2) is 11.5 Å². The smallest absolute Gasteiger partial charge is 0.162 e. The average Bonchev–Trinajstić information content (AvgIpc) is 2.83. The third-order valence-electron chi connectivity index (χ3n) is 2.77. The number of rotatable bonds is 4. The summed E-state index contributed by atoms with van der Waals surface area (Å²) < 4.78 is 10.5. The number of nitrogens with two attached hydrogens (primary N) is 1. The number of benzene rings is 1. The lowest BCUT2D eigenvalue weighted by Crippen LogP contribution is -2.11. The van der Waals surface area contributed by atoms with E-state index in [1.807, 2.05) is 11.4 Å². The largest absolute Gasteiger partial charge is 0.493 e. The molecule has 1 aromatic carbocycles. The lowest BCUT2D eigenvalue weighted by Gasteiger charge is -2.16. The Labute approximate surface area is 125 Å². The quantitative estimate of drug-likeness (QED) is 0.922. The maximum atomic E-state index is 6.25. The van der Waals surface area contributed by atoms with E-state index in [9.17, 15) is 0 Å². The fourth-order valence-electron chi connectivity index (χ4n) is 1.78. The lowest BCUT2D eigenvalue weighted by molar-refractivity contribution is 0.354. The molecule has 0 amide bonds. The normalized spacial score (nSPS) is 12.3. The number of thiophene rings is 1. The number of ether oxygens (including phenoxy) is 2. The van der Waals surface area contributed by atoms with Gasteiger partial charge >= 0.3 is 0 Å². The molecule has 0 radical (unpaired) electrons. The van der Waals surface area contributed by atoms with Crippen molar-refractivity contribution in [2.45, 2.75) is 6.04 Å². The molecule has 0 spiro atoms. The Morgan fingerprint density at radius 3 is 2.26 bits per heavy atom. The number of halogens is 2. The van der Waals surface area contributed by atoms with Crippen LogP contribution in [0.2, 0.25) is 10.0 Å². The number of methoxy groups -OCH3 is 2. The van der Waals surface area contributed by atoms with Gasteiger partial charge in [0.05, 0.1) is 25.3 Å². The Kier molecular flexibility index (Phi) is 4.58. The van der Waals surface area contributed by atoms with Crippen LogP contribution in [0.1, 0.15) is 16.5 Å². The number of hydrogen-bond acceptors (Lipinski definition) is 4. The standard InChI is InChI=1S/C13H13Cl2NO2S/c1-17-10-5-7(9(15)6-11(10)18-2)12(16)13-8(14)3-4-19-13/h3-6,12H,16H2,1-2H3. The van der Waals surface area contributed by atoms with Crippen molar-refractivity contribution in [3.8, 4) is 11.5 Å². The summed E-state index contributed by atoms with van der Waals surface area (Å²) in [6, 6.07) is 4.90. The first-order valence-corrected chi connectivity index (χ1v) is 7.12. The van der Waals surface area contributed by atoms with Crippen LogP contribution in [0.5, 0.6) is 11.5 Å². The van der Waals surface area contributed by atoms with Crippen LogP contribution in [0.3, 0.4) is 0 Å². The molecule has 1 aromatic heterocycles. The van der Waals surface area contributed by atoms with Crippen molar-refractivity contribution in [3.05, 3.63) is 44.1 Å². The lowest BCUT2D eigenvalue weighted by atomic mass is 10.1. The summed E-state index contributed by atoms with van der Waals surface area (Å²) in [4.78, 5) is 0.871. The second-order valence-electron chi connectivity index (χ2n) is 3.84. The summed E-state index contributed by atoms with van der Waals surface area (Å²) in [7, 11) is 3.13. The highest BCUT2D eigenvalue weighted by atomic mass is 35.5. The van der Waals surface area contributed by atoms with Crippen molar-refractivity contribution in [2.24, 2.45) is 5.73 Å². The van der Waals surface area contributed by atoms with E-state index in [0.717, 1.165) is 10.4 Å². The van der Waals surface area contributed by atoms with Crippen LogP contribution in [-0.2, 0) is 0 Å². The molecule has 3 nitrogen and oxygen atoms in total. The van der Waals surface area contributed by atoms with E-state index in [1.165, 1.54) is 11.3 Å². The van der Waals surface area contributed by atoms with Crippen LogP contribution in [0.15, 0.2) is 23.6 Å². The van der Waals surface area contributed by atoms with E-state index in [0.29, 0.717) is 21.5 Å². The minimum Gasteiger partial charge on any atom is -0.493 e. The summed E-state index contributed by atoms with van der Waals surface area (Å²) in [5.74, 6) is 1.16. The molecule has 0 aliphatic heterocycles. The van der Waals surface area contributed by atoms with Crippen molar-refractivity contribution < 1.29 is 9.47 Å². The predicted octanol–water partition coefficient (Wildman–Crippen LogP) is 4.12. The third-order valence-corrected chi connectivity index (χ3v) is 4.53. The molecule has 1 atom stereocenters. The molecule has 1 unspecified atom stereocenters. The van der Waals surface area contributed by atoms with Gasteiger partial charge in [-0.2, -0.15) is 0 Å².